The Balaban J connectivity index is 2.15. The molecule has 0 saturated carbocycles. The third-order valence-corrected chi connectivity index (χ3v) is 4.29. The first-order valence-electron chi connectivity index (χ1n) is 7.34. The van der Waals surface area contributed by atoms with Crippen LogP contribution in [0.1, 0.15) is 31.9 Å². The molecule has 3 N–H and O–H groups in total. The fourth-order valence-electron chi connectivity index (χ4n) is 3.11. The highest BCUT2D eigenvalue weighted by atomic mass is 16.5. The van der Waals surface area contributed by atoms with Gasteiger partial charge in [0.25, 0.3) is 0 Å². The van der Waals surface area contributed by atoms with Crippen LogP contribution in [0.2, 0.25) is 0 Å². The Hall–Kier alpha value is -1.10. The van der Waals surface area contributed by atoms with E-state index in [-0.39, 0.29) is 18.2 Å². The van der Waals surface area contributed by atoms with Crippen molar-refractivity contribution < 1.29 is 9.84 Å². The first kappa shape index (κ1) is 15.3. The van der Waals surface area contributed by atoms with E-state index in [1.54, 1.807) is 7.11 Å². The summed E-state index contributed by atoms with van der Waals surface area (Å²) in [5.74, 6) is 1.22. The summed E-state index contributed by atoms with van der Waals surface area (Å²) in [6.45, 7) is 5.83. The molecule has 0 spiro atoms. The van der Waals surface area contributed by atoms with E-state index in [1.165, 1.54) is 5.56 Å². The summed E-state index contributed by atoms with van der Waals surface area (Å²) in [7, 11) is 1.67. The van der Waals surface area contributed by atoms with E-state index >= 15 is 0 Å². The zero-order valence-electron chi connectivity index (χ0n) is 12.6. The Morgan fingerprint density at radius 2 is 1.95 bits per heavy atom. The second kappa shape index (κ2) is 6.57. The van der Waals surface area contributed by atoms with Gasteiger partial charge in [-0.15, -0.1) is 0 Å². The molecule has 1 saturated heterocycles. The van der Waals surface area contributed by atoms with E-state index in [9.17, 15) is 5.11 Å². The number of rotatable bonds is 5. The molecule has 0 aromatic heterocycles. The fraction of sp³-hybridized carbons (Fsp3) is 0.625. The Bertz CT molecular complexity index is 417. The van der Waals surface area contributed by atoms with Crippen LogP contribution in [-0.4, -0.2) is 42.4 Å². The molecule has 1 heterocycles. The molecule has 112 valence electrons. The predicted octanol–water partition coefficient (Wildman–Crippen LogP) is 1.79. The Morgan fingerprint density at radius 1 is 1.30 bits per heavy atom. The maximum atomic E-state index is 9.75. The molecule has 2 rings (SSSR count). The fourth-order valence-corrected chi connectivity index (χ4v) is 3.11. The molecule has 4 nitrogen and oxygen atoms in total. The van der Waals surface area contributed by atoms with Gasteiger partial charge in [0.05, 0.1) is 13.2 Å². The lowest BCUT2D eigenvalue weighted by Gasteiger charge is -2.31. The average Bonchev–Trinajstić information content (AvgIpc) is 2.89. The molecule has 0 bridgehead atoms. The molecule has 1 aliphatic heterocycles. The van der Waals surface area contributed by atoms with Crippen molar-refractivity contribution >= 4 is 0 Å². The highest BCUT2D eigenvalue weighted by Gasteiger charge is 2.32. The summed E-state index contributed by atoms with van der Waals surface area (Å²) in [6.07, 6.45) is 0.793. The molecule has 0 aliphatic carbocycles. The van der Waals surface area contributed by atoms with Crippen LogP contribution in [0.3, 0.4) is 0 Å². The van der Waals surface area contributed by atoms with E-state index in [4.69, 9.17) is 10.5 Å². The van der Waals surface area contributed by atoms with Crippen molar-refractivity contribution in [3.05, 3.63) is 29.8 Å². The molecule has 4 unspecified atom stereocenters. The number of nitrogens with two attached hydrogens (primary N) is 1. The standard InChI is InChI=1S/C16H26N2O2/c1-11(17)16(13-4-6-15(20-3)7-5-13)18-9-8-14(10-18)12(2)19/h4-7,11-12,14,16,19H,8-10,17H2,1-3H3. The highest BCUT2D eigenvalue weighted by molar-refractivity contribution is 5.30. The van der Waals surface area contributed by atoms with Crippen molar-refractivity contribution in [3.8, 4) is 5.75 Å². The van der Waals surface area contributed by atoms with Crippen LogP contribution in [-0.2, 0) is 0 Å². The van der Waals surface area contributed by atoms with Crippen molar-refractivity contribution in [2.24, 2.45) is 11.7 Å². The maximum absolute atomic E-state index is 9.75. The summed E-state index contributed by atoms with van der Waals surface area (Å²) < 4.78 is 5.21. The third kappa shape index (κ3) is 3.32. The van der Waals surface area contributed by atoms with E-state index < -0.39 is 0 Å². The number of hydrogen-bond acceptors (Lipinski definition) is 4. The molecule has 1 aliphatic rings. The van der Waals surface area contributed by atoms with Crippen molar-refractivity contribution in [1.82, 2.24) is 4.90 Å². The minimum absolute atomic E-state index is 0.0520. The molecule has 1 fully saturated rings. The quantitative estimate of drug-likeness (QED) is 0.862. The van der Waals surface area contributed by atoms with Crippen LogP contribution in [0.15, 0.2) is 24.3 Å². The predicted molar refractivity (Wildman–Crippen MR) is 80.7 cm³/mol. The van der Waals surface area contributed by atoms with Gasteiger partial charge in [0.1, 0.15) is 5.75 Å². The highest BCUT2D eigenvalue weighted by Crippen LogP contribution is 2.31. The SMILES string of the molecule is COc1ccc(C(C(C)N)N2CCC(C(C)O)C2)cc1. The van der Waals surface area contributed by atoms with E-state index in [2.05, 4.69) is 17.0 Å². The lowest BCUT2D eigenvalue weighted by atomic mass is 9.99. The number of aliphatic hydroxyl groups excluding tert-OH is 1. The van der Waals surface area contributed by atoms with E-state index in [0.717, 1.165) is 25.3 Å². The zero-order valence-corrected chi connectivity index (χ0v) is 12.6. The van der Waals surface area contributed by atoms with Gasteiger partial charge < -0.3 is 15.6 Å². The molecular formula is C16H26N2O2. The number of ether oxygens (including phenoxy) is 1. The van der Waals surface area contributed by atoms with Crippen LogP contribution in [0, 0.1) is 5.92 Å². The van der Waals surface area contributed by atoms with Crippen molar-refractivity contribution in [3.63, 3.8) is 0 Å². The van der Waals surface area contributed by atoms with Gasteiger partial charge in [-0.25, -0.2) is 0 Å². The van der Waals surface area contributed by atoms with Gasteiger partial charge in [0, 0.05) is 18.6 Å². The number of likely N-dealkylation sites (tertiary alicyclic amines) is 1. The molecule has 0 radical (unpaired) electrons. The maximum Gasteiger partial charge on any atom is 0.118 e. The van der Waals surface area contributed by atoms with Gasteiger partial charge in [0.2, 0.25) is 0 Å². The Morgan fingerprint density at radius 3 is 2.40 bits per heavy atom. The first-order chi connectivity index (χ1) is 9.52. The second-order valence-electron chi connectivity index (χ2n) is 5.86. The summed E-state index contributed by atoms with van der Waals surface area (Å²) in [4.78, 5) is 2.39. The molecular weight excluding hydrogens is 252 g/mol. The molecule has 1 aromatic rings. The van der Waals surface area contributed by atoms with Crippen molar-refractivity contribution in [1.29, 1.82) is 0 Å². The summed E-state index contributed by atoms with van der Waals surface area (Å²) in [5.41, 5.74) is 7.42. The van der Waals surface area contributed by atoms with Gasteiger partial charge in [-0.3, -0.25) is 4.90 Å². The summed E-state index contributed by atoms with van der Waals surface area (Å²) >= 11 is 0. The largest absolute Gasteiger partial charge is 0.497 e. The molecule has 1 aromatic carbocycles. The van der Waals surface area contributed by atoms with Crippen LogP contribution < -0.4 is 10.5 Å². The van der Waals surface area contributed by atoms with Crippen LogP contribution in [0.5, 0.6) is 5.75 Å². The zero-order chi connectivity index (χ0) is 14.7. The van der Waals surface area contributed by atoms with Crippen LogP contribution in [0.4, 0.5) is 0 Å². The number of benzene rings is 1. The van der Waals surface area contributed by atoms with Gasteiger partial charge in [0.15, 0.2) is 0 Å². The lowest BCUT2D eigenvalue weighted by molar-refractivity contribution is 0.119. The van der Waals surface area contributed by atoms with Gasteiger partial charge in [-0.1, -0.05) is 12.1 Å². The lowest BCUT2D eigenvalue weighted by Crippen LogP contribution is -2.38. The first-order valence-corrected chi connectivity index (χ1v) is 7.34. The number of nitrogens with zero attached hydrogens (tertiary/aromatic N) is 1. The smallest absolute Gasteiger partial charge is 0.118 e. The van der Waals surface area contributed by atoms with Crippen LogP contribution >= 0.6 is 0 Å². The molecule has 20 heavy (non-hydrogen) atoms. The third-order valence-electron chi connectivity index (χ3n) is 4.29. The van der Waals surface area contributed by atoms with E-state index in [1.807, 2.05) is 26.0 Å². The number of methoxy groups -OCH3 is 1. The average molecular weight is 278 g/mol. The topological polar surface area (TPSA) is 58.7 Å². The molecule has 0 amide bonds. The number of aliphatic hydroxyl groups is 1. The number of hydrogen-bond donors (Lipinski definition) is 2. The Kier molecular flexibility index (Phi) is 5.02. The Labute approximate surface area is 121 Å². The molecule has 4 heteroatoms. The minimum Gasteiger partial charge on any atom is -0.497 e. The minimum atomic E-state index is -0.246. The second-order valence-corrected chi connectivity index (χ2v) is 5.86. The van der Waals surface area contributed by atoms with Gasteiger partial charge in [-0.2, -0.15) is 0 Å². The van der Waals surface area contributed by atoms with E-state index in [0.29, 0.717) is 5.92 Å². The summed E-state index contributed by atoms with van der Waals surface area (Å²) in [5, 5.41) is 9.75. The van der Waals surface area contributed by atoms with Gasteiger partial charge in [-0.05, 0) is 50.4 Å². The normalized spacial score (nSPS) is 24.4. The monoisotopic (exact) mass is 278 g/mol. The van der Waals surface area contributed by atoms with Crippen molar-refractivity contribution in [2.75, 3.05) is 20.2 Å². The van der Waals surface area contributed by atoms with Crippen LogP contribution in [0.25, 0.3) is 0 Å². The van der Waals surface area contributed by atoms with Gasteiger partial charge >= 0.3 is 0 Å². The summed E-state index contributed by atoms with van der Waals surface area (Å²) in [6, 6.07) is 8.38. The molecule has 4 atom stereocenters. The van der Waals surface area contributed by atoms with Crippen molar-refractivity contribution in [2.45, 2.75) is 38.5 Å².